The largest absolute Gasteiger partial charge is 0.373 e. The van der Waals surface area contributed by atoms with E-state index in [4.69, 9.17) is 4.74 Å². The van der Waals surface area contributed by atoms with Crippen molar-refractivity contribution in [2.75, 3.05) is 6.61 Å². The van der Waals surface area contributed by atoms with Gasteiger partial charge in [-0.1, -0.05) is 0 Å². The summed E-state index contributed by atoms with van der Waals surface area (Å²) in [6.45, 7) is 0.137. The summed E-state index contributed by atoms with van der Waals surface area (Å²) in [7, 11) is 0. The van der Waals surface area contributed by atoms with Gasteiger partial charge in [0.25, 0.3) is 0 Å². The molecule has 1 aliphatic rings. The first kappa shape index (κ1) is 15.1. The van der Waals surface area contributed by atoms with Crippen LogP contribution in [0.4, 0.5) is 30.7 Å². The quantitative estimate of drug-likeness (QED) is 0.421. The van der Waals surface area contributed by atoms with E-state index >= 15 is 0 Å². The van der Waals surface area contributed by atoms with E-state index < -0.39 is 63.2 Å². The Morgan fingerprint density at radius 1 is 0.636 bits per heavy atom. The van der Waals surface area contributed by atoms with Gasteiger partial charge in [0, 0.05) is 17.6 Å². The van der Waals surface area contributed by atoms with E-state index in [0.29, 0.717) is 6.42 Å². The molecule has 1 saturated heterocycles. The molecule has 0 radical (unpaired) electrons. The molecule has 1 nitrogen and oxygen atoms in total. The third-order valence-electron chi connectivity index (χ3n) is 3.63. The number of benzene rings is 2. The molecule has 0 aliphatic carbocycles. The average molecular weight is 324 g/mol. The van der Waals surface area contributed by atoms with Crippen molar-refractivity contribution < 1.29 is 35.5 Å². The molecule has 0 amide bonds. The molecule has 0 aromatic heterocycles. The van der Waals surface area contributed by atoms with Gasteiger partial charge in [-0.2, -0.15) is 0 Å². The molecule has 2 aromatic carbocycles. The highest BCUT2D eigenvalue weighted by Gasteiger charge is 2.34. The average Bonchev–Trinajstić information content (AvgIpc) is 3.02. The maximum absolute atomic E-state index is 14.0. The van der Waals surface area contributed by atoms with Gasteiger partial charge in [-0.25, -0.2) is 30.7 Å². The van der Waals surface area contributed by atoms with E-state index in [1.165, 1.54) is 0 Å². The molecular weight excluding hydrogens is 317 g/mol. The monoisotopic (exact) mass is 324 g/mol. The molecule has 2 aromatic rings. The summed E-state index contributed by atoms with van der Waals surface area (Å²) in [4.78, 5) is 0. The minimum Gasteiger partial charge on any atom is -0.373 e. The first-order valence-corrected chi connectivity index (χ1v) is 6.29. The molecule has 118 valence electrons. The van der Waals surface area contributed by atoms with Crippen molar-refractivity contribution in [2.24, 2.45) is 0 Å². The fourth-order valence-corrected chi connectivity index (χ4v) is 2.63. The molecule has 1 fully saturated rings. The highest BCUT2D eigenvalue weighted by Crippen LogP contribution is 2.41. The van der Waals surface area contributed by atoms with Gasteiger partial charge in [0.1, 0.15) is 0 Å². The van der Waals surface area contributed by atoms with Gasteiger partial charge in [0.15, 0.2) is 40.7 Å². The second-order valence-electron chi connectivity index (χ2n) is 4.86. The summed E-state index contributed by atoms with van der Waals surface area (Å²) in [6.07, 6.45) is -0.661. The maximum Gasteiger partial charge on any atom is 0.198 e. The number of rotatable bonds is 1. The fraction of sp³-hybridized carbons (Fsp3) is 0.286. The van der Waals surface area contributed by atoms with E-state index in [9.17, 15) is 30.7 Å². The zero-order chi connectivity index (χ0) is 16.2. The summed E-state index contributed by atoms with van der Waals surface area (Å²) < 4.78 is 101. The second-order valence-corrected chi connectivity index (χ2v) is 4.86. The van der Waals surface area contributed by atoms with Crippen molar-refractivity contribution in [1.82, 2.24) is 0 Å². The van der Waals surface area contributed by atoms with Crippen LogP contribution >= 0.6 is 0 Å². The Morgan fingerprint density at radius 3 is 1.64 bits per heavy atom. The molecule has 1 heterocycles. The van der Waals surface area contributed by atoms with Gasteiger partial charge in [0.05, 0.1) is 11.5 Å². The SMILES string of the molecule is Fc1c(F)c(F)c2c(C3CCCO3)c(F)c(F)c(F)c2c1F. The van der Waals surface area contributed by atoms with E-state index in [-0.39, 0.29) is 13.0 Å². The highest BCUT2D eigenvalue weighted by atomic mass is 19.2. The third kappa shape index (κ3) is 1.89. The topological polar surface area (TPSA) is 9.23 Å². The molecule has 0 spiro atoms. The first-order chi connectivity index (χ1) is 10.4. The lowest BCUT2D eigenvalue weighted by atomic mass is 9.96. The predicted octanol–water partition coefficient (Wildman–Crippen LogP) is 4.67. The van der Waals surface area contributed by atoms with Crippen LogP contribution in [0.5, 0.6) is 0 Å². The van der Waals surface area contributed by atoms with Gasteiger partial charge >= 0.3 is 0 Å². The Balaban J connectivity index is 2.54. The zero-order valence-electron chi connectivity index (χ0n) is 10.8. The Morgan fingerprint density at radius 2 is 1.14 bits per heavy atom. The maximum atomic E-state index is 14.0. The van der Waals surface area contributed by atoms with Crippen molar-refractivity contribution in [2.45, 2.75) is 18.9 Å². The van der Waals surface area contributed by atoms with Gasteiger partial charge < -0.3 is 4.74 Å². The van der Waals surface area contributed by atoms with Gasteiger partial charge in [0.2, 0.25) is 0 Å². The molecule has 3 rings (SSSR count). The molecular formula is C14H7F7O. The minimum atomic E-state index is -2.30. The number of ether oxygens (including phenoxy) is 1. The van der Waals surface area contributed by atoms with Crippen molar-refractivity contribution in [3.05, 3.63) is 46.3 Å². The van der Waals surface area contributed by atoms with E-state index in [1.807, 2.05) is 0 Å². The van der Waals surface area contributed by atoms with Crippen LogP contribution in [0.25, 0.3) is 10.8 Å². The van der Waals surface area contributed by atoms with Crippen LogP contribution in [0, 0.1) is 40.7 Å². The molecule has 1 atom stereocenters. The normalized spacial score (nSPS) is 18.4. The van der Waals surface area contributed by atoms with Crippen LogP contribution in [-0.2, 0) is 4.74 Å². The molecule has 8 heteroatoms. The smallest absolute Gasteiger partial charge is 0.198 e. The van der Waals surface area contributed by atoms with Crippen LogP contribution in [-0.4, -0.2) is 6.61 Å². The Kier molecular flexibility index (Phi) is 3.51. The summed E-state index contributed by atoms with van der Waals surface area (Å²) in [6, 6.07) is 0. The van der Waals surface area contributed by atoms with Crippen LogP contribution in [0.15, 0.2) is 0 Å². The summed E-state index contributed by atoms with van der Waals surface area (Å²) >= 11 is 0. The standard InChI is InChI=1S/C14H7F7O/c15-8-5(4-2-1-3-22-4)6-7(10(17)12(8)19)11(18)14(21)13(20)9(6)16/h4H,1-3H2. The van der Waals surface area contributed by atoms with Gasteiger partial charge in [-0.05, 0) is 12.8 Å². The first-order valence-electron chi connectivity index (χ1n) is 6.29. The lowest BCUT2D eigenvalue weighted by Crippen LogP contribution is -2.10. The third-order valence-corrected chi connectivity index (χ3v) is 3.63. The zero-order valence-corrected chi connectivity index (χ0v) is 10.8. The molecule has 0 saturated carbocycles. The van der Waals surface area contributed by atoms with Crippen molar-refractivity contribution >= 4 is 10.8 Å². The van der Waals surface area contributed by atoms with Gasteiger partial charge in [-0.3, -0.25) is 0 Å². The van der Waals surface area contributed by atoms with Gasteiger partial charge in [-0.15, -0.1) is 0 Å². The molecule has 1 unspecified atom stereocenters. The van der Waals surface area contributed by atoms with Crippen molar-refractivity contribution in [3.8, 4) is 0 Å². The van der Waals surface area contributed by atoms with Crippen molar-refractivity contribution in [3.63, 3.8) is 0 Å². The lowest BCUT2D eigenvalue weighted by Gasteiger charge is -2.17. The Bertz CT molecular complexity index is 773. The number of halogens is 7. The Hall–Kier alpha value is -1.83. The van der Waals surface area contributed by atoms with Crippen molar-refractivity contribution in [1.29, 1.82) is 0 Å². The van der Waals surface area contributed by atoms with Crippen LogP contribution in [0.1, 0.15) is 24.5 Å². The Labute approximate surface area is 119 Å². The molecule has 0 N–H and O–H groups in total. The number of hydrogen-bond acceptors (Lipinski definition) is 1. The summed E-state index contributed by atoms with van der Waals surface area (Å²) in [5.74, 6) is -14.7. The second kappa shape index (κ2) is 5.12. The number of hydrogen-bond donors (Lipinski definition) is 0. The number of fused-ring (bicyclic) bond motifs is 1. The highest BCUT2D eigenvalue weighted by molar-refractivity contribution is 5.88. The van der Waals surface area contributed by atoms with E-state index in [1.54, 1.807) is 0 Å². The predicted molar refractivity (Wildman–Crippen MR) is 61.6 cm³/mol. The van der Waals surface area contributed by atoms with Crippen LogP contribution in [0.3, 0.4) is 0 Å². The molecule has 1 aliphatic heterocycles. The van der Waals surface area contributed by atoms with E-state index in [2.05, 4.69) is 0 Å². The lowest BCUT2D eigenvalue weighted by molar-refractivity contribution is 0.109. The molecule has 22 heavy (non-hydrogen) atoms. The van der Waals surface area contributed by atoms with Crippen LogP contribution in [0.2, 0.25) is 0 Å². The summed E-state index contributed by atoms with van der Waals surface area (Å²) in [5.41, 5.74) is -0.846. The summed E-state index contributed by atoms with van der Waals surface area (Å²) in [5, 5.41) is -2.65. The minimum absolute atomic E-state index is 0.122. The fourth-order valence-electron chi connectivity index (χ4n) is 2.63. The van der Waals surface area contributed by atoms with Crippen LogP contribution < -0.4 is 0 Å². The molecule has 0 bridgehead atoms. The van der Waals surface area contributed by atoms with E-state index in [0.717, 1.165) is 0 Å².